The van der Waals surface area contributed by atoms with Crippen LogP contribution in [0.5, 0.6) is 0 Å². The molecule has 0 aliphatic heterocycles. The first-order valence-electron chi connectivity index (χ1n) is 11.8. The lowest BCUT2D eigenvalue weighted by molar-refractivity contribution is -0.140. The zero-order chi connectivity index (χ0) is 23.5. The van der Waals surface area contributed by atoms with Gasteiger partial charge in [0.05, 0.1) is 0 Å². The highest BCUT2D eigenvalue weighted by Crippen LogP contribution is 2.53. The Morgan fingerprint density at radius 1 is 0.724 bits per heavy atom. The molecular weight excluding hydrogens is 372 g/mol. The van der Waals surface area contributed by atoms with Crippen LogP contribution in [0.1, 0.15) is 129 Å². The van der Waals surface area contributed by atoms with Crippen molar-refractivity contribution in [1.29, 1.82) is 0 Å². The molecule has 0 rings (SSSR count). The van der Waals surface area contributed by atoms with E-state index in [0.29, 0.717) is 11.2 Å². The van der Waals surface area contributed by atoms with Crippen molar-refractivity contribution in [3.05, 3.63) is 0 Å². The van der Waals surface area contributed by atoms with Crippen molar-refractivity contribution in [2.24, 2.45) is 32.5 Å². The third-order valence-corrected chi connectivity index (χ3v) is 8.39. The molecule has 0 bridgehead atoms. The van der Waals surface area contributed by atoms with E-state index in [0.717, 1.165) is 25.0 Å². The van der Waals surface area contributed by atoms with Crippen molar-refractivity contribution in [3.63, 3.8) is 0 Å². The first-order chi connectivity index (χ1) is 12.6. The molecule has 0 saturated carbocycles. The zero-order valence-corrected chi connectivity index (χ0v) is 23.2. The molecule has 0 saturated heterocycles. The van der Waals surface area contributed by atoms with Gasteiger partial charge in [0.15, 0.2) is 0 Å². The summed E-state index contributed by atoms with van der Waals surface area (Å²) in [5, 5.41) is 0. The number of hydrogen-bond acceptors (Lipinski definition) is 2. The Balaban J connectivity index is 5.50. The molecule has 1 nitrogen and oxygen atoms in total. The molecule has 0 aliphatic carbocycles. The summed E-state index contributed by atoms with van der Waals surface area (Å²) in [7, 11) is 0. The van der Waals surface area contributed by atoms with Gasteiger partial charge in [-0.25, -0.2) is 0 Å². The molecule has 0 radical (unpaired) electrons. The first-order valence-corrected chi connectivity index (χ1v) is 12.4. The lowest BCUT2D eigenvalue weighted by Crippen LogP contribution is -2.45. The second-order valence-electron chi connectivity index (χ2n) is 14.0. The lowest BCUT2D eigenvalue weighted by Gasteiger charge is -2.49. The summed E-state index contributed by atoms with van der Waals surface area (Å²) in [6.45, 7) is 29.6. The predicted octanol–water partition coefficient (Wildman–Crippen LogP) is 9.00. The Morgan fingerprint density at radius 3 is 1.55 bits per heavy atom. The fraction of sp³-hybridized carbons (Fsp3) is 0.963. The smallest absolute Gasteiger partial charge is 0.144 e. The molecular formula is C27H54OS. The van der Waals surface area contributed by atoms with Gasteiger partial charge in [0.1, 0.15) is 5.78 Å². The van der Waals surface area contributed by atoms with E-state index in [-0.39, 0.29) is 27.1 Å². The molecule has 0 amide bonds. The van der Waals surface area contributed by atoms with E-state index in [2.05, 4.69) is 103 Å². The fourth-order valence-electron chi connectivity index (χ4n) is 5.65. The van der Waals surface area contributed by atoms with Gasteiger partial charge < -0.3 is 0 Å². The first kappa shape index (κ1) is 29.0. The van der Waals surface area contributed by atoms with Gasteiger partial charge in [0.2, 0.25) is 0 Å². The number of rotatable bonds is 12. The Kier molecular flexibility index (Phi) is 9.67. The highest BCUT2D eigenvalue weighted by molar-refractivity contribution is 7.80. The van der Waals surface area contributed by atoms with Crippen molar-refractivity contribution in [2.75, 3.05) is 5.75 Å². The normalized spacial score (nSPS) is 16.6. The molecule has 174 valence electrons. The molecule has 0 spiro atoms. The summed E-state index contributed by atoms with van der Waals surface area (Å²) < 4.78 is 0. The minimum absolute atomic E-state index is 0.0682. The van der Waals surface area contributed by atoms with Crippen LogP contribution in [0.25, 0.3) is 0 Å². The second kappa shape index (κ2) is 9.66. The van der Waals surface area contributed by atoms with Crippen molar-refractivity contribution >= 4 is 18.4 Å². The van der Waals surface area contributed by atoms with E-state index in [4.69, 9.17) is 0 Å². The number of Topliss-reactive ketones (excluding diaryl/α,β-unsaturated/α-hetero) is 1. The van der Waals surface area contributed by atoms with E-state index in [1.54, 1.807) is 0 Å². The van der Waals surface area contributed by atoms with Crippen LogP contribution in [0.15, 0.2) is 0 Å². The van der Waals surface area contributed by atoms with Gasteiger partial charge in [-0.05, 0) is 53.1 Å². The topological polar surface area (TPSA) is 17.1 Å². The highest BCUT2D eigenvalue weighted by atomic mass is 32.1. The Hall–Kier alpha value is 0.0200. The summed E-state index contributed by atoms with van der Waals surface area (Å²) >= 11 is 4.51. The predicted molar refractivity (Wildman–Crippen MR) is 135 cm³/mol. The number of thiol groups is 1. The molecule has 1 atom stereocenters. The number of ketones is 1. The molecule has 0 N–H and O–H groups in total. The molecule has 29 heavy (non-hydrogen) atoms. The fourth-order valence-corrected chi connectivity index (χ4v) is 5.76. The summed E-state index contributed by atoms with van der Waals surface area (Å²) in [5.74, 6) is 1.21. The van der Waals surface area contributed by atoms with E-state index in [9.17, 15) is 4.79 Å². The monoisotopic (exact) mass is 426 g/mol. The van der Waals surface area contributed by atoms with Crippen molar-refractivity contribution in [3.8, 4) is 0 Å². The lowest BCUT2D eigenvalue weighted by atomic mass is 9.55. The largest absolute Gasteiger partial charge is 0.299 e. The van der Waals surface area contributed by atoms with Crippen LogP contribution < -0.4 is 0 Å². The van der Waals surface area contributed by atoms with Crippen molar-refractivity contribution < 1.29 is 4.79 Å². The summed E-state index contributed by atoms with van der Waals surface area (Å²) in [5.41, 5.74) is 0.135. The van der Waals surface area contributed by atoms with Crippen molar-refractivity contribution in [1.82, 2.24) is 0 Å². The molecule has 0 heterocycles. The van der Waals surface area contributed by atoms with Crippen LogP contribution in [-0.4, -0.2) is 11.5 Å². The standard InChI is InChI=1S/C27H54OS/c1-14-27(13,17-15-16-22(2,3)4)26(11,12)19-25(9,10)21(28)24(7,8)18-23(5,6)20-29/h29H,14-20H2,1-13H3. The zero-order valence-electron chi connectivity index (χ0n) is 22.3. The molecule has 2 heteroatoms. The molecule has 0 aromatic rings. The van der Waals surface area contributed by atoms with Crippen LogP contribution >= 0.6 is 12.6 Å². The van der Waals surface area contributed by atoms with Crippen LogP contribution in [0.3, 0.4) is 0 Å². The van der Waals surface area contributed by atoms with E-state index >= 15 is 0 Å². The maximum atomic E-state index is 13.7. The minimum atomic E-state index is -0.333. The van der Waals surface area contributed by atoms with Gasteiger partial charge in [0, 0.05) is 10.8 Å². The number of carbonyl (C=O) groups is 1. The van der Waals surface area contributed by atoms with Gasteiger partial charge in [-0.15, -0.1) is 0 Å². The van der Waals surface area contributed by atoms with E-state index < -0.39 is 0 Å². The third-order valence-electron chi connectivity index (χ3n) is 7.53. The summed E-state index contributed by atoms with van der Waals surface area (Å²) in [6.07, 6.45) is 6.71. The average Bonchev–Trinajstić information content (AvgIpc) is 2.50. The minimum Gasteiger partial charge on any atom is -0.299 e. The average molecular weight is 427 g/mol. The Labute approximate surface area is 190 Å². The van der Waals surface area contributed by atoms with Gasteiger partial charge >= 0.3 is 0 Å². The Morgan fingerprint density at radius 2 is 1.17 bits per heavy atom. The molecule has 0 fully saturated rings. The maximum Gasteiger partial charge on any atom is 0.144 e. The van der Waals surface area contributed by atoms with Crippen LogP contribution in [-0.2, 0) is 4.79 Å². The number of hydrogen-bond donors (Lipinski definition) is 1. The summed E-state index contributed by atoms with van der Waals surface area (Å²) in [4.78, 5) is 13.7. The van der Waals surface area contributed by atoms with Gasteiger partial charge in [0.25, 0.3) is 0 Å². The molecule has 0 aromatic heterocycles. The van der Waals surface area contributed by atoms with E-state index in [1.807, 2.05) is 0 Å². The molecule has 1 unspecified atom stereocenters. The molecule has 0 aliphatic rings. The highest BCUT2D eigenvalue weighted by Gasteiger charge is 2.48. The van der Waals surface area contributed by atoms with Gasteiger partial charge in [-0.1, -0.05) is 103 Å². The number of carbonyl (C=O) groups excluding carboxylic acids is 1. The van der Waals surface area contributed by atoms with Crippen LogP contribution in [0.4, 0.5) is 0 Å². The van der Waals surface area contributed by atoms with Crippen LogP contribution in [0.2, 0.25) is 0 Å². The van der Waals surface area contributed by atoms with E-state index in [1.165, 1.54) is 19.3 Å². The summed E-state index contributed by atoms with van der Waals surface area (Å²) in [6, 6.07) is 0. The molecule has 0 aromatic carbocycles. The second-order valence-corrected chi connectivity index (χ2v) is 14.3. The van der Waals surface area contributed by atoms with Gasteiger partial charge in [-0.2, -0.15) is 12.6 Å². The maximum absolute atomic E-state index is 13.7. The Bertz CT molecular complexity index is 533. The van der Waals surface area contributed by atoms with Gasteiger partial charge in [-0.3, -0.25) is 4.79 Å². The SMILES string of the molecule is CCC(C)(CCCC(C)(C)C)C(C)(C)CC(C)(C)C(=O)C(C)(C)CC(C)(C)CS. The van der Waals surface area contributed by atoms with Crippen LogP contribution in [0, 0.1) is 32.5 Å². The van der Waals surface area contributed by atoms with Crippen molar-refractivity contribution in [2.45, 2.75) is 129 Å². The third kappa shape index (κ3) is 8.58. The quantitative estimate of drug-likeness (QED) is 0.308.